The summed E-state index contributed by atoms with van der Waals surface area (Å²) in [4.78, 5) is 17.1. The second kappa shape index (κ2) is 12.8. The van der Waals surface area contributed by atoms with Crippen molar-refractivity contribution < 1.29 is 9.21 Å². The van der Waals surface area contributed by atoms with Gasteiger partial charge in [0.15, 0.2) is 5.11 Å². The first-order valence-electron chi connectivity index (χ1n) is 12.8. The van der Waals surface area contributed by atoms with Crippen LogP contribution in [0, 0.1) is 0 Å². The number of halogens is 1. The van der Waals surface area contributed by atoms with E-state index in [2.05, 4.69) is 38.6 Å². The number of nitrogens with one attached hydrogen (secondary N) is 2. The lowest BCUT2D eigenvalue weighted by Gasteiger charge is -2.36. The van der Waals surface area contributed by atoms with Crippen LogP contribution in [-0.4, -0.2) is 42.1 Å². The van der Waals surface area contributed by atoms with Crippen molar-refractivity contribution >= 4 is 52.3 Å². The molecule has 198 valence electrons. The fourth-order valence-corrected chi connectivity index (χ4v) is 4.87. The highest BCUT2D eigenvalue weighted by Gasteiger charge is 2.18. The normalized spacial score (nSPS) is 13.9. The molecule has 5 rings (SSSR count). The number of nitrogens with zero attached hydrogens (tertiary/aromatic N) is 2. The van der Waals surface area contributed by atoms with Crippen LogP contribution in [0.4, 0.5) is 11.4 Å². The second-order valence-electron chi connectivity index (χ2n) is 9.25. The van der Waals surface area contributed by atoms with Gasteiger partial charge in [-0.15, -0.1) is 0 Å². The van der Waals surface area contributed by atoms with Crippen molar-refractivity contribution in [3.63, 3.8) is 0 Å². The number of carbonyl (C=O) groups is 1. The van der Waals surface area contributed by atoms with Crippen LogP contribution in [0.15, 0.2) is 101 Å². The number of amides is 1. The van der Waals surface area contributed by atoms with Crippen molar-refractivity contribution in [2.75, 3.05) is 36.4 Å². The zero-order chi connectivity index (χ0) is 27.0. The Bertz CT molecular complexity index is 1440. The van der Waals surface area contributed by atoms with E-state index in [1.165, 1.54) is 11.6 Å². The summed E-state index contributed by atoms with van der Waals surface area (Å²) in [5, 5.41) is 6.79. The number of hydrogen-bond acceptors (Lipinski definition) is 5. The molecule has 0 bridgehead atoms. The summed E-state index contributed by atoms with van der Waals surface area (Å²) in [6.45, 7) is 4.70. The summed E-state index contributed by atoms with van der Waals surface area (Å²) >= 11 is 11.6. The van der Waals surface area contributed by atoms with E-state index in [0.717, 1.165) is 60.4 Å². The van der Waals surface area contributed by atoms with E-state index in [-0.39, 0.29) is 11.0 Å². The van der Waals surface area contributed by atoms with Crippen molar-refractivity contribution in [1.82, 2.24) is 10.2 Å². The third-order valence-corrected chi connectivity index (χ3v) is 7.11. The molecule has 2 N–H and O–H groups in total. The van der Waals surface area contributed by atoms with Gasteiger partial charge in [0, 0.05) is 60.8 Å². The van der Waals surface area contributed by atoms with E-state index >= 15 is 0 Å². The van der Waals surface area contributed by atoms with E-state index in [4.69, 9.17) is 28.2 Å². The van der Waals surface area contributed by atoms with Crippen molar-refractivity contribution in [3.05, 3.63) is 113 Å². The molecule has 1 aromatic heterocycles. The van der Waals surface area contributed by atoms with Gasteiger partial charge in [-0.2, -0.15) is 0 Å². The highest BCUT2D eigenvalue weighted by molar-refractivity contribution is 7.80. The van der Waals surface area contributed by atoms with E-state index < -0.39 is 0 Å². The van der Waals surface area contributed by atoms with E-state index in [0.29, 0.717) is 5.76 Å². The van der Waals surface area contributed by atoms with Gasteiger partial charge in [-0.05, 0) is 66.3 Å². The van der Waals surface area contributed by atoms with Crippen molar-refractivity contribution in [1.29, 1.82) is 0 Å². The average Bonchev–Trinajstić information content (AvgIpc) is 3.44. The third-order valence-electron chi connectivity index (χ3n) is 6.54. The minimum atomic E-state index is -0.337. The summed E-state index contributed by atoms with van der Waals surface area (Å²) in [7, 11) is 0. The zero-order valence-corrected chi connectivity index (χ0v) is 22.9. The molecule has 0 unspecified atom stereocenters. The maximum absolute atomic E-state index is 12.3. The molecule has 39 heavy (non-hydrogen) atoms. The molecule has 1 fully saturated rings. The van der Waals surface area contributed by atoms with Gasteiger partial charge in [-0.1, -0.05) is 60.1 Å². The largest absolute Gasteiger partial charge is 0.457 e. The number of thiocarbonyl (C=S) groups is 1. The zero-order valence-electron chi connectivity index (χ0n) is 21.3. The molecule has 0 aliphatic carbocycles. The Balaban J connectivity index is 1.07. The predicted octanol–water partition coefficient (Wildman–Crippen LogP) is 6.45. The summed E-state index contributed by atoms with van der Waals surface area (Å²) < 4.78 is 5.79. The van der Waals surface area contributed by atoms with Gasteiger partial charge in [0.2, 0.25) is 5.91 Å². The molecular formula is C31H29ClN4O2S. The van der Waals surface area contributed by atoms with Crippen molar-refractivity contribution in [3.8, 4) is 11.3 Å². The standard InChI is InChI=1S/C31H29ClN4O2S/c32-28-9-5-4-8-24(28)22-35-18-20-36(21-19-35)26-12-10-25(11-13-26)33-31(39)34-30(37)17-15-27-14-16-29(38-27)23-6-2-1-3-7-23/h1-17H,18-22H2,(H2,33,34,37,39)/b17-15+. The fourth-order valence-electron chi connectivity index (χ4n) is 4.46. The third kappa shape index (κ3) is 7.35. The number of piperazine rings is 1. The van der Waals surface area contributed by atoms with Crippen molar-refractivity contribution in [2.24, 2.45) is 0 Å². The minimum Gasteiger partial charge on any atom is -0.457 e. The predicted molar refractivity (Wildman–Crippen MR) is 163 cm³/mol. The number of benzene rings is 3. The maximum Gasteiger partial charge on any atom is 0.250 e. The number of rotatable bonds is 7. The minimum absolute atomic E-state index is 0.231. The van der Waals surface area contributed by atoms with Crippen LogP contribution in [0.2, 0.25) is 5.02 Å². The molecule has 2 heterocycles. The van der Waals surface area contributed by atoms with Crippen molar-refractivity contribution in [2.45, 2.75) is 6.54 Å². The molecule has 0 radical (unpaired) electrons. The number of carbonyl (C=O) groups excluding carboxylic acids is 1. The summed E-state index contributed by atoms with van der Waals surface area (Å²) in [6, 6.07) is 29.6. The second-order valence-corrected chi connectivity index (χ2v) is 10.1. The highest BCUT2D eigenvalue weighted by Crippen LogP contribution is 2.23. The first-order valence-corrected chi connectivity index (χ1v) is 13.6. The molecule has 6 nitrogen and oxygen atoms in total. The molecule has 0 spiro atoms. The van der Waals surface area contributed by atoms with Gasteiger partial charge >= 0.3 is 0 Å². The number of hydrogen-bond donors (Lipinski definition) is 2. The number of furan rings is 1. The Morgan fingerprint density at radius 3 is 2.36 bits per heavy atom. The molecule has 1 saturated heterocycles. The van der Waals surface area contributed by atoms with E-state index in [1.807, 2.05) is 72.8 Å². The smallest absolute Gasteiger partial charge is 0.250 e. The summed E-state index contributed by atoms with van der Waals surface area (Å²) in [6.07, 6.45) is 3.02. The van der Waals surface area contributed by atoms with Gasteiger partial charge < -0.3 is 14.6 Å². The Morgan fingerprint density at radius 1 is 0.897 bits per heavy atom. The summed E-state index contributed by atoms with van der Waals surface area (Å²) in [5.41, 5.74) is 4.11. The first kappa shape index (κ1) is 26.7. The monoisotopic (exact) mass is 556 g/mol. The van der Waals surface area contributed by atoms with Gasteiger partial charge in [0.05, 0.1) is 0 Å². The van der Waals surface area contributed by atoms with Crippen LogP contribution in [0.1, 0.15) is 11.3 Å². The maximum atomic E-state index is 12.3. The molecule has 1 amide bonds. The Morgan fingerprint density at radius 2 is 1.62 bits per heavy atom. The molecule has 0 saturated carbocycles. The molecule has 1 aliphatic heterocycles. The van der Waals surface area contributed by atoms with Crippen LogP contribution in [0.5, 0.6) is 0 Å². The quantitative estimate of drug-likeness (QED) is 0.201. The van der Waals surface area contributed by atoms with Crippen LogP contribution in [0.25, 0.3) is 17.4 Å². The van der Waals surface area contributed by atoms with E-state index in [1.54, 1.807) is 6.08 Å². The van der Waals surface area contributed by atoms with Crippen LogP contribution >= 0.6 is 23.8 Å². The van der Waals surface area contributed by atoms with Gasteiger partial charge in [-0.3, -0.25) is 15.0 Å². The Hall–Kier alpha value is -3.91. The molecular weight excluding hydrogens is 528 g/mol. The van der Waals surface area contributed by atoms with Crippen LogP contribution < -0.4 is 15.5 Å². The van der Waals surface area contributed by atoms with Gasteiger partial charge in [0.25, 0.3) is 0 Å². The van der Waals surface area contributed by atoms with E-state index in [9.17, 15) is 4.79 Å². The fraction of sp³-hybridized carbons (Fsp3) is 0.161. The topological polar surface area (TPSA) is 60.8 Å². The SMILES string of the molecule is O=C(/C=C/c1ccc(-c2ccccc2)o1)NC(=S)Nc1ccc(N2CCN(Cc3ccccc3Cl)CC2)cc1. The number of anilines is 2. The van der Waals surface area contributed by atoms with Crippen LogP contribution in [-0.2, 0) is 11.3 Å². The first-order chi connectivity index (χ1) is 19.0. The Kier molecular flexibility index (Phi) is 8.73. The lowest BCUT2D eigenvalue weighted by atomic mass is 10.2. The average molecular weight is 557 g/mol. The molecule has 1 aliphatic rings. The molecule has 4 aromatic rings. The van der Waals surface area contributed by atoms with Gasteiger partial charge in [-0.25, -0.2) is 0 Å². The summed E-state index contributed by atoms with van der Waals surface area (Å²) in [5.74, 6) is 0.995. The molecule has 0 atom stereocenters. The lowest BCUT2D eigenvalue weighted by molar-refractivity contribution is -0.115. The Labute approximate surface area is 238 Å². The lowest BCUT2D eigenvalue weighted by Crippen LogP contribution is -2.46. The molecule has 3 aromatic carbocycles. The van der Waals surface area contributed by atoms with Crippen LogP contribution in [0.3, 0.4) is 0 Å². The highest BCUT2D eigenvalue weighted by atomic mass is 35.5. The molecule has 8 heteroatoms. The van der Waals surface area contributed by atoms with Gasteiger partial charge in [0.1, 0.15) is 11.5 Å².